The van der Waals surface area contributed by atoms with E-state index in [2.05, 4.69) is 39.4 Å². The van der Waals surface area contributed by atoms with Gasteiger partial charge in [-0.25, -0.2) is 14.8 Å². The van der Waals surface area contributed by atoms with Crippen molar-refractivity contribution in [2.75, 3.05) is 48.0 Å². The Labute approximate surface area is 418 Å². The minimum absolute atomic E-state index is 0.0307. The average Bonchev–Trinajstić information content (AvgIpc) is 3.99. The van der Waals surface area contributed by atoms with Crippen LogP contribution in [0.1, 0.15) is 113 Å². The zero-order valence-corrected chi connectivity index (χ0v) is 44.9. The van der Waals surface area contributed by atoms with Crippen LogP contribution in [0.2, 0.25) is 0 Å². The number of likely N-dealkylation sites (tertiary alicyclic amines) is 1. The fourth-order valence-electron chi connectivity index (χ4n) is 8.51. The number of hydrogen-bond donors (Lipinski definition) is 4. The molecule has 19 heteroatoms. The molecule has 2 aromatic heterocycles. The molecule has 3 aromatic rings. The molecule has 1 saturated heterocycles. The van der Waals surface area contributed by atoms with Crippen LogP contribution >= 0.6 is 21.6 Å². The number of pyridine rings is 1. The Morgan fingerprint density at radius 2 is 1.62 bits per heavy atom. The Morgan fingerprint density at radius 1 is 0.957 bits per heavy atom. The summed E-state index contributed by atoms with van der Waals surface area (Å²) in [6, 6.07) is 10.4. The number of fused-ring (bicyclic) bond motifs is 1. The van der Waals surface area contributed by atoms with Gasteiger partial charge in [0.15, 0.2) is 10.8 Å². The lowest BCUT2D eigenvalue weighted by atomic mass is 9.90. The lowest BCUT2D eigenvalue weighted by molar-refractivity contribution is -0.146. The van der Waals surface area contributed by atoms with Crippen molar-refractivity contribution < 1.29 is 43.3 Å². The zero-order valence-electron chi connectivity index (χ0n) is 43.3. The molecule has 4 N–H and O–H groups in total. The molecule has 386 valence electrons. The quantitative estimate of drug-likeness (QED) is 0.0653. The predicted octanol–water partition coefficient (Wildman–Crippen LogP) is 7.26. The molecule has 4 rings (SSSR count). The van der Waals surface area contributed by atoms with Crippen molar-refractivity contribution in [1.82, 2.24) is 40.3 Å². The average molecular weight is 1000 g/mol. The highest BCUT2D eigenvalue weighted by molar-refractivity contribution is 8.77. The van der Waals surface area contributed by atoms with Gasteiger partial charge in [0.1, 0.15) is 12.6 Å². The summed E-state index contributed by atoms with van der Waals surface area (Å²) in [5.74, 6) is -2.43. The van der Waals surface area contributed by atoms with E-state index in [4.69, 9.17) is 14.2 Å². The van der Waals surface area contributed by atoms with Gasteiger partial charge in [-0.3, -0.25) is 24.1 Å². The SMILES string of the molecule is CCC.CCC(C)C(C(CC(=O)N1CCCC1C(OC)C(C)C(=O)NC(C)C(O)c1ccccc1)OC)N(C)C(=O)CNC(=O)C(C(C)C)N(C)C(=O)OCC(C)(C)SSc1nc2ncccc2[nH]1. The molecule has 69 heavy (non-hydrogen) atoms. The number of methoxy groups -OCH3 is 2. The van der Waals surface area contributed by atoms with Gasteiger partial charge in [0.05, 0.1) is 65.6 Å². The number of benzene rings is 1. The predicted molar refractivity (Wildman–Crippen MR) is 273 cm³/mol. The van der Waals surface area contributed by atoms with E-state index in [9.17, 15) is 29.1 Å². The molecule has 1 aliphatic rings. The van der Waals surface area contributed by atoms with E-state index in [-0.39, 0.29) is 49.3 Å². The normalized spacial score (nSPS) is 17.3. The number of carbonyl (C=O) groups is 5. The molecular weight excluding hydrogens is 921 g/mol. The van der Waals surface area contributed by atoms with E-state index in [1.807, 2.05) is 71.9 Å². The maximum Gasteiger partial charge on any atom is 0.410 e. The number of amides is 5. The minimum atomic E-state index is -0.930. The van der Waals surface area contributed by atoms with Gasteiger partial charge in [0.25, 0.3) is 0 Å². The zero-order chi connectivity index (χ0) is 51.6. The summed E-state index contributed by atoms with van der Waals surface area (Å²) in [7, 11) is 9.10. The summed E-state index contributed by atoms with van der Waals surface area (Å²) >= 11 is 0. The second-order valence-corrected chi connectivity index (χ2v) is 21.7. The number of aromatic nitrogens is 3. The summed E-state index contributed by atoms with van der Waals surface area (Å²) in [5.41, 5.74) is 2.14. The van der Waals surface area contributed by atoms with E-state index >= 15 is 0 Å². The maximum absolute atomic E-state index is 14.2. The van der Waals surface area contributed by atoms with E-state index in [1.54, 1.807) is 44.1 Å². The van der Waals surface area contributed by atoms with Crippen LogP contribution in [0.25, 0.3) is 11.2 Å². The molecule has 0 bridgehead atoms. The van der Waals surface area contributed by atoms with Crippen molar-refractivity contribution in [3.63, 3.8) is 0 Å². The monoisotopic (exact) mass is 1000 g/mol. The standard InChI is InChI=1S/C47H72N8O9S2.C3H8/c1-13-29(4)39(35(62-11)25-36(56)55-24-18-22-34(55)41(63-12)30(5)43(59)50-31(6)40(58)32-19-15-14-16-20-32)53(9)37(57)26-49-44(60)38(28(2)3)54(10)46(61)64-27-47(7,8)66-65-45-51-33-21-17-23-48-42(33)52-45;1-3-2/h14-17,19-21,23,28-31,34-35,38-41,58H,13,18,22,24-27H2,1-12H3,(H,49,60)(H,50,59)(H,48,51,52);3H2,1-2H3. The number of nitrogens with one attached hydrogen (secondary N) is 3. The summed E-state index contributed by atoms with van der Waals surface area (Å²) in [6.45, 7) is 19.4. The molecule has 1 aliphatic heterocycles. The number of nitrogens with zero attached hydrogens (tertiary/aromatic N) is 5. The highest BCUT2D eigenvalue weighted by Gasteiger charge is 2.42. The van der Waals surface area contributed by atoms with Crippen LogP contribution in [0.15, 0.2) is 53.8 Å². The summed E-state index contributed by atoms with van der Waals surface area (Å²) in [5, 5.41) is 17.2. The molecule has 5 amide bonds. The Kier molecular flexibility index (Phi) is 24.3. The molecule has 17 nitrogen and oxygen atoms in total. The first-order valence-corrected chi connectivity index (χ1v) is 26.3. The van der Waals surface area contributed by atoms with E-state index in [0.717, 1.165) is 11.9 Å². The van der Waals surface area contributed by atoms with Crippen LogP contribution in [0.5, 0.6) is 0 Å². The number of carbonyl (C=O) groups excluding carboxylic acids is 5. The number of ether oxygens (including phenoxy) is 3. The third-order valence-electron chi connectivity index (χ3n) is 12.4. The van der Waals surface area contributed by atoms with Gasteiger partial charge in [-0.1, -0.05) is 102 Å². The van der Waals surface area contributed by atoms with Crippen LogP contribution in [-0.2, 0) is 33.4 Å². The third-order valence-corrected chi connectivity index (χ3v) is 15.5. The first kappa shape index (κ1) is 58.9. The maximum atomic E-state index is 14.2. The number of rotatable bonds is 24. The number of aliphatic hydroxyl groups is 1. The fourth-order valence-corrected chi connectivity index (χ4v) is 10.5. The Bertz CT molecular complexity index is 2040. The van der Waals surface area contributed by atoms with Gasteiger partial charge in [0, 0.05) is 41.1 Å². The largest absolute Gasteiger partial charge is 0.448 e. The van der Waals surface area contributed by atoms with E-state index in [0.29, 0.717) is 35.8 Å². The fraction of sp³-hybridized carbons (Fsp3) is 0.660. The van der Waals surface area contributed by atoms with Crippen LogP contribution in [0, 0.1) is 17.8 Å². The van der Waals surface area contributed by atoms with Crippen LogP contribution in [0.3, 0.4) is 0 Å². The van der Waals surface area contributed by atoms with Gasteiger partial charge in [-0.05, 0) is 73.9 Å². The van der Waals surface area contributed by atoms with Gasteiger partial charge in [-0.2, -0.15) is 0 Å². The number of hydrogen-bond acceptors (Lipinski definition) is 13. The molecule has 0 aliphatic carbocycles. The molecule has 0 saturated carbocycles. The molecule has 9 atom stereocenters. The van der Waals surface area contributed by atoms with Crippen molar-refractivity contribution >= 4 is 62.5 Å². The van der Waals surface area contributed by atoms with Crippen molar-refractivity contribution in [1.29, 1.82) is 0 Å². The van der Waals surface area contributed by atoms with Crippen LogP contribution in [0.4, 0.5) is 4.79 Å². The Hall–Kier alpha value is -4.43. The minimum Gasteiger partial charge on any atom is -0.448 e. The smallest absolute Gasteiger partial charge is 0.410 e. The summed E-state index contributed by atoms with van der Waals surface area (Å²) in [4.78, 5) is 85.2. The number of aliphatic hydroxyl groups excluding tert-OH is 1. The first-order chi connectivity index (χ1) is 32.7. The number of imidazole rings is 1. The highest BCUT2D eigenvalue weighted by atomic mass is 33.1. The molecule has 0 spiro atoms. The second-order valence-electron chi connectivity index (χ2n) is 18.9. The number of aromatic amines is 1. The van der Waals surface area contributed by atoms with Gasteiger partial charge < -0.3 is 44.7 Å². The van der Waals surface area contributed by atoms with Crippen molar-refractivity contribution in [2.24, 2.45) is 17.8 Å². The molecule has 1 fully saturated rings. The Balaban J connectivity index is 0.00000409. The van der Waals surface area contributed by atoms with Gasteiger partial charge >= 0.3 is 6.09 Å². The molecule has 0 radical (unpaired) electrons. The molecule has 3 heterocycles. The lowest BCUT2D eigenvalue weighted by Gasteiger charge is -2.39. The molecule has 1 aromatic carbocycles. The number of H-pyrrole nitrogens is 1. The Morgan fingerprint density at radius 3 is 2.22 bits per heavy atom. The first-order valence-electron chi connectivity index (χ1n) is 24.1. The van der Waals surface area contributed by atoms with E-state index < -0.39 is 65.0 Å². The van der Waals surface area contributed by atoms with Crippen molar-refractivity contribution in [2.45, 2.75) is 154 Å². The van der Waals surface area contributed by atoms with Crippen LogP contribution in [-0.4, -0.2) is 154 Å². The van der Waals surface area contributed by atoms with Crippen LogP contribution < -0.4 is 10.6 Å². The third kappa shape index (κ3) is 16.9. The highest BCUT2D eigenvalue weighted by Crippen LogP contribution is 2.40. The summed E-state index contributed by atoms with van der Waals surface area (Å²) in [6.07, 6.45) is 2.05. The van der Waals surface area contributed by atoms with Gasteiger partial charge in [0.2, 0.25) is 23.6 Å². The summed E-state index contributed by atoms with van der Waals surface area (Å²) < 4.78 is 17.1. The second kappa shape index (κ2) is 28.4. The molecular formula is C50H80N8O9S2. The van der Waals surface area contributed by atoms with Crippen molar-refractivity contribution in [3.8, 4) is 0 Å². The van der Waals surface area contributed by atoms with E-state index in [1.165, 1.54) is 59.1 Å². The number of likely N-dealkylation sites (N-methyl/N-ethyl adjacent to an activating group) is 2. The lowest BCUT2D eigenvalue weighted by Crippen LogP contribution is -2.56. The topological polar surface area (TPSA) is 209 Å². The van der Waals surface area contributed by atoms with Crippen molar-refractivity contribution in [3.05, 3.63) is 54.2 Å². The molecule has 9 unspecified atom stereocenters. The van der Waals surface area contributed by atoms with Gasteiger partial charge in [-0.15, -0.1) is 0 Å².